The third-order valence-corrected chi connectivity index (χ3v) is 4.89. The number of ketones is 1. The number of unbranched alkanes of at least 4 members (excludes halogenated alkanes) is 1. The molecule has 1 rings (SSSR count). The number of ether oxygens (including phenoxy) is 1. The summed E-state index contributed by atoms with van der Waals surface area (Å²) < 4.78 is 30.2. The molecule has 1 atom stereocenters. The van der Waals surface area contributed by atoms with Crippen LogP contribution in [0.5, 0.6) is 5.75 Å². The van der Waals surface area contributed by atoms with Gasteiger partial charge in [0, 0.05) is 12.0 Å². The van der Waals surface area contributed by atoms with Gasteiger partial charge in [0.05, 0.1) is 17.6 Å². The van der Waals surface area contributed by atoms with Crippen LogP contribution in [0.1, 0.15) is 92.4 Å². The Morgan fingerprint density at radius 1 is 1.29 bits per heavy atom. The highest BCUT2D eigenvalue weighted by molar-refractivity contribution is 6.09. The molecule has 1 N–H and O–H groups in total. The minimum Gasteiger partial charge on any atom is -0.507 e. The number of carbonyl (C=O) groups excluding carboxylic acids is 2. The molecule has 0 saturated carbocycles. The number of rotatable bonds is 12. The van der Waals surface area contributed by atoms with Crippen LogP contribution in [0.25, 0.3) is 0 Å². The average Bonchev–Trinajstić information content (AvgIpc) is 2.73. The molecule has 0 fully saturated rings. The zero-order valence-corrected chi connectivity index (χ0v) is 18.7. The maximum atomic E-state index is 12.7. The second-order valence-corrected chi connectivity index (χ2v) is 7.62. The van der Waals surface area contributed by atoms with Crippen molar-refractivity contribution in [2.75, 3.05) is 7.04 Å². The molecule has 0 amide bonds. The number of hydrogen-bond acceptors (Lipinski definition) is 6. The van der Waals surface area contributed by atoms with Crippen LogP contribution in [-0.4, -0.2) is 23.9 Å². The first-order valence-corrected chi connectivity index (χ1v) is 10.5. The standard InChI is InChI=1S/C25H34O6/c1-6-7-11-17(2)14-15-19(4)24(28)23-20(26)16-21(31-25(23)29)18(3)12-9-8-10-13-22(27)30-5/h8,10,14-16,18,26H,6-7,9,11-13H2,1-5H3/b10-8+,17-14+,19-15+/i5D3. The predicted molar refractivity (Wildman–Crippen MR) is 121 cm³/mol. The van der Waals surface area contributed by atoms with E-state index in [1.165, 1.54) is 12.1 Å². The summed E-state index contributed by atoms with van der Waals surface area (Å²) in [5.74, 6) is -1.87. The third kappa shape index (κ3) is 8.79. The largest absolute Gasteiger partial charge is 0.507 e. The minimum atomic E-state index is -2.76. The quantitative estimate of drug-likeness (QED) is 0.151. The Morgan fingerprint density at radius 3 is 2.68 bits per heavy atom. The van der Waals surface area contributed by atoms with Crippen LogP contribution in [0, 0.1) is 0 Å². The second kappa shape index (κ2) is 13.4. The fourth-order valence-electron chi connectivity index (χ4n) is 2.86. The van der Waals surface area contributed by atoms with Crippen molar-refractivity contribution in [2.24, 2.45) is 0 Å². The summed E-state index contributed by atoms with van der Waals surface area (Å²) in [6.45, 7) is 7.46. The topological polar surface area (TPSA) is 93.8 Å². The molecule has 170 valence electrons. The van der Waals surface area contributed by atoms with E-state index in [4.69, 9.17) is 8.53 Å². The van der Waals surface area contributed by atoms with E-state index in [0.29, 0.717) is 18.4 Å². The lowest BCUT2D eigenvalue weighted by molar-refractivity contribution is -0.139. The van der Waals surface area contributed by atoms with Crippen LogP contribution >= 0.6 is 0 Å². The van der Waals surface area contributed by atoms with Crippen molar-refractivity contribution in [3.8, 4) is 5.75 Å². The molecule has 1 heterocycles. The second-order valence-electron chi connectivity index (χ2n) is 7.62. The summed E-state index contributed by atoms with van der Waals surface area (Å²) in [5, 5.41) is 10.4. The molecule has 1 aromatic rings. The molecule has 0 bridgehead atoms. The number of Topliss-reactive ketones (excluding diaryl/α,β-unsaturated/α-hetero) is 1. The summed E-state index contributed by atoms with van der Waals surface area (Å²) in [7, 11) is -2.76. The van der Waals surface area contributed by atoms with E-state index in [0.717, 1.165) is 24.8 Å². The van der Waals surface area contributed by atoms with Gasteiger partial charge in [0.25, 0.3) is 0 Å². The first-order valence-electron chi connectivity index (χ1n) is 12.0. The van der Waals surface area contributed by atoms with Gasteiger partial charge < -0.3 is 14.3 Å². The van der Waals surface area contributed by atoms with Crippen molar-refractivity contribution in [3.63, 3.8) is 0 Å². The van der Waals surface area contributed by atoms with Crippen molar-refractivity contribution < 1.29 is 28.0 Å². The molecule has 0 aliphatic rings. The molecule has 0 spiro atoms. The van der Waals surface area contributed by atoms with E-state index in [9.17, 15) is 19.5 Å². The maximum Gasteiger partial charge on any atom is 0.351 e. The predicted octanol–water partition coefficient (Wildman–Crippen LogP) is 5.61. The number of methoxy groups -OCH3 is 1. The van der Waals surface area contributed by atoms with Crippen molar-refractivity contribution in [1.82, 2.24) is 0 Å². The highest BCUT2D eigenvalue weighted by atomic mass is 16.5. The summed E-state index contributed by atoms with van der Waals surface area (Å²) in [5.41, 5.74) is 0.158. The SMILES string of the molecule is [2H]C([2H])([2H])OC(=O)C/C=C/CCC(C)c1cc(O)c(C(=O)/C(C)=C/C=C(\C)CCCC)c(=O)o1. The Morgan fingerprint density at radius 2 is 2.03 bits per heavy atom. The lowest BCUT2D eigenvalue weighted by Crippen LogP contribution is -2.16. The fraction of sp³-hybridized carbons (Fsp3) is 0.480. The molecule has 6 nitrogen and oxygen atoms in total. The number of aromatic hydroxyl groups is 1. The Bertz CT molecular complexity index is 999. The highest BCUT2D eigenvalue weighted by Crippen LogP contribution is 2.26. The molecule has 0 aliphatic carbocycles. The van der Waals surface area contributed by atoms with Gasteiger partial charge in [-0.3, -0.25) is 9.59 Å². The van der Waals surface area contributed by atoms with E-state index < -0.39 is 35.7 Å². The third-order valence-electron chi connectivity index (χ3n) is 4.89. The summed E-state index contributed by atoms with van der Waals surface area (Å²) >= 11 is 0. The van der Waals surface area contributed by atoms with E-state index in [1.807, 2.05) is 13.0 Å². The Kier molecular flexibility index (Phi) is 9.24. The molecule has 0 aromatic carbocycles. The molecule has 1 unspecified atom stereocenters. The van der Waals surface area contributed by atoms with Gasteiger partial charge >= 0.3 is 11.6 Å². The summed E-state index contributed by atoms with van der Waals surface area (Å²) in [4.78, 5) is 36.5. The van der Waals surface area contributed by atoms with Crippen molar-refractivity contribution >= 4 is 11.8 Å². The fourth-order valence-corrected chi connectivity index (χ4v) is 2.86. The molecule has 0 aliphatic heterocycles. The lowest BCUT2D eigenvalue weighted by Gasteiger charge is -2.11. The van der Waals surface area contributed by atoms with Gasteiger partial charge in [0.2, 0.25) is 0 Å². The molecular formula is C25H34O6. The van der Waals surface area contributed by atoms with Gasteiger partial charge in [0.15, 0.2) is 5.78 Å². The van der Waals surface area contributed by atoms with Crippen molar-refractivity contribution in [3.05, 3.63) is 63.3 Å². The molecule has 6 heteroatoms. The summed E-state index contributed by atoms with van der Waals surface area (Å²) in [6, 6.07) is 1.28. The smallest absolute Gasteiger partial charge is 0.351 e. The molecular weight excluding hydrogens is 396 g/mol. The lowest BCUT2D eigenvalue weighted by atomic mass is 9.99. The normalized spacial score (nSPS) is 15.3. The molecule has 31 heavy (non-hydrogen) atoms. The van der Waals surface area contributed by atoms with Gasteiger partial charge in [-0.15, -0.1) is 0 Å². The van der Waals surface area contributed by atoms with Gasteiger partial charge in [-0.25, -0.2) is 4.79 Å². The first kappa shape index (κ1) is 21.3. The Hall–Kier alpha value is -2.89. The number of carbonyl (C=O) groups is 2. The van der Waals surface area contributed by atoms with Crippen LogP contribution in [0.2, 0.25) is 0 Å². The van der Waals surface area contributed by atoms with Crippen LogP contribution in [-0.2, 0) is 9.53 Å². The van der Waals surface area contributed by atoms with Gasteiger partial charge in [-0.1, -0.05) is 50.1 Å². The number of hydrogen-bond donors (Lipinski definition) is 1. The Balaban J connectivity index is 2.79. The van der Waals surface area contributed by atoms with Crippen LogP contribution in [0.4, 0.5) is 0 Å². The number of allylic oxidation sites excluding steroid dienone is 5. The zero-order valence-electron chi connectivity index (χ0n) is 21.7. The van der Waals surface area contributed by atoms with Crippen molar-refractivity contribution in [2.45, 2.75) is 72.1 Å². The van der Waals surface area contributed by atoms with Crippen LogP contribution in [0.15, 0.2) is 50.7 Å². The average molecular weight is 434 g/mol. The van der Waals surface area contributed by atoms with Crippen LogP contribution in [0.3, 0.4) is 0 Å². The maximum absolute atomic E-state index is 12.7. The minimum absolute atomic E-state index is 0.167. The summed E-state index contributed by atoms with van der Waals surface area (Å²) in [6.07, 6.45) is 10.6. The van der Waals surface area contributed by atoms with E-state index >= 15 is 0 Å². The van der Waals surface area contributed by atoms with Gasteiger partial charge in [-0.05, 0) is 45.1 Å². The first-order chi connectivity index (χ1) is 15.9. The molecule has 0 saturated heterocycles. The molecule has 1 aromatic heterocycles. The van der Waals surface area contributed by atoms with Gasteiger partial charge in [-0.2, -0.15) is 0 Å². The Labute approximate surface area is 188 Å². The van der Waals surface area contributed by atoms with E-state index in [1.54, 1.807) is 26.0 Å². The van der Waals surface area contributed by atoms with Gasteiger partial charge in [0.1, 0.15) is 17.1 Å². The highest BCUT2D eigenvalue weighted by Gasteiger charge is 2.21. The zero-order chi connectivity index (χ0) is 25.9. The van der Waals surface area contributed by atoms with E-state index in [2.05, 4.69) is 11.7 Å². The monoisotopic (exact) mass is 433 g/mol. The number of esters is 1. The van der Waals surface area contributed by atoms with Crippen LogP contribution < -0.4 is 5.63 Å². The molecule has 0 radical (unpaired) electrons. The van der Waals surface area contributed by atoms with Crippen molar-refractivity contribution in [1.29, 1.82) is 0 Å². The van der Waals surface area contributed by atoms with E-state index in [-0.39, 0.29) is 18.1 Å².